The highest BCUT2D eigenvalue weighted by molar-refractivity contribution is 7.98. The van der Waals surface area contributed by atoms with Crippen molar-refractivity contribution in [2.45, 2.75) is 48.7 Å². The van der Waals surface area contributed by atoms with Gasteiger partial charge in [0.05, 0.1) is 9.82 Å². The summed E-state index contributed by atoms with van der Waals surface area (Å²) in [5.41, 5.74) is 0.348. The van der Waals surface area contributed by atoms with Crippen LogP contribution in [-0.4, -0.2) is 35.2 Å². The van der Waals surface area contributed by atoms with Gasteiger partial charge >= 0.3 is 0 Å². The average Bonchev–Trinajstić information content (AvgIpc) is 2.85. The van der Waals surface area contributed by atoms with Gasteiger partial charge in [-0.1, -0.05) is 0 Å². The van der Waals surface area contributed by atoms with Crippen LogP contribution in [-0.2, 0) is 0 Å². The van der Waals surface area contributed by atoms with Gasteiger partial charge in [-0.3, -0.25) is 14.9 Å². The van der Waals surface area contributed by atoms with Crippen molar-refractivity contribution in [1.82, 2.24) is 10.6 Å². The normalized spacial score (nSPS) is 25.5. The number of carbonyl (C=O) groups is 1. The fourth-order valence-corrected chi connectivity index (χ4v) is 3.96. The predicted molar refractivity (Wildman–Crippen MR) is 92.6 cm³/mol. The number of nitrogens with one attached hydrogen (secondary N) is 2. The number of thioether (sulfide) groups is 1. The second-order valence-electron chi connectivity index (χ2n) is 5.92. The average molecular weight is 358 g/mol. The fraction of sp³-hybridized carbons (Fsp3) is 0.533. The molecule has 2 saturated heterocycles. The van der Waals surface area contributed by atoms with Crippen molar-refractivity contribution in [3.8, 4) is 0 Å². The Morgan fingerprint density at radius 1 is 1.35 bits per heavy atom. The third kappa shape index (κ3) is 3.97. The van der Waals surface area contributed by atoms with Crippen LogP contribution < -0.4 is 10.6 Å². The minimum atomic E-state index is -0.437. The van der Waals surface area contributed by atoms with E-state index in [1.807, 2.05) is 0 Å². The van der Waals surface area contributed by atoms with Gasteiger partial charge in [0.15, 0.2) is 0 Å². The third-order valence-electron chi connectivity index (χ3n) is 4.45. The van der Waals surface area contributed by atoms with Crippen LogP contribution in [0, 0.1) is 10.1 Å². The number of carbonyl (C=O) groups excluding carboxylic acids is 1. The second kappa shape index (κ2) is 7.51. The smallest absolute Gasteiger partial charge is 0.283 e. The zero-order valence-corrected chi connectivity index (χ0v) is 14.4. The zero-order chi connectivity index (χ0) is 15.7. The lowest BCUT2D eigenvalue weighted by atomic mass is 9.99. The van der Waals surface area contributed by atoms with Crippen molar-refractivity contribution < 1.29 is 9.72 Å². The number of rotatable bonds is 4. The van der Waals surface area contributed by atoms with Crippen molar-refractivity contribution in [3.05, 3.63) is 33.9 Å². The van der Waals surface area contributed by atoms with Crippen molar-refractivity contribution >= 4 is 35.8 Å². The Hall–Kier alpha value is -1.31. The van der Waals surface area contributed by atoms with Crippen LogP contribution in [0.25, 0.3) is 0 Å². The molecular formula is C15H20ClN3O3S. The molecule has 0 aromatic heterocycles. The molecule has 2 N–H and O–H groups in total. The van der Waals surface area contributed by atoms with E-state index < -0.39 is 4.92 Å². The Bertz CT molecular complexity index is 602. The molecule has 2 bridgehead atoms. The van der Waals surface area contributed by atoms with E-state index in [9.17, 15) is 14.9 Å². The molecule has 1 aromatic rings. The predicted octanol–water partition coefficient (Wildman–Crippen LogP) is 2.75. The van der Waals surface area contributed by atoms with Crippen LogP contribution >= 0.6 is 24.2 Å². The molecule has 126 valence electrons. The van der Waals surface area contributed by atoms with Crippen molar-refractivity contribution in [1.29, 1.82) is 0 Å². The molecule has 8 heteroatoms. The number of fused-ring (bicyclic) bond motifs is 2. The molecule has 0 aliphatic carbocycles. The summed E-state index contributed by atoms with van der Waals surface area (Å²) in [6.45, 7) is 0. The van der Waals surface area contributed by atoms with Crippen molar-refractivity contribution in [2.24, 2.45) is 0 Å². The van der Waals surface area contributed by atoms with E-state index in [0.29, 0.717) is 22.5 Å². The third-order valence-corrected chi connectivity index (χ3v) is 5.23. The summed E-state index contributed by atoms with van der Waals surface area (Å²) >= 11 is 1.31. The summed E-state index contributed by atoms with van der Waals surface area (Å²) in [7, 11) is 0. The molecule has 0 spiro atoms. The molecule has 3 rings (SSSR count). The van der Waals surface area contributed by atoms with Crippen LogP contribution in [0.15, 0.2) is 23.1 Å². The largest absolute Gasteiger partial charge is 0.349 e. The molecule has 2 aliphatic rings. The maximum atomic E-state index is 12.4. The lowest BCUT2D eigenvalue weighted by Gasteiger charge is -2.29. The van der Waals surface area contributed by atoms with Gasteiger partial charge < -0.3 is 10.6 Å². The lowest BCUT2D eigenvalue weighted by Crippen LogP contribution is -2.48. The van der Waals surface area contributed by atoms with Crippen LogP contribution in [0.2, 0.25) is 0 Å². The molecule has 2 atom stereocenters. The number of nitro groups is 1. The van der Waals surface area contributed by atoms with Crippen molar-refractivity contribution in [3.63, 3.8) is 0 Å². The second-order valence-corrected chi connectivity index (χ2v) is 6.77. The number of amides is 1. The summed E-state index contributed by atoms with van der Waals surface area (Å²) in [5.74, 6) is -0.220. The number of halogens is 1. The van der Waals surface area contributed by atoms with Gasteiger partial charge in [-0.15, -0.1) is 24.2 Å². The van der Waals surface area contributed by atoms with Crippen LogP contribution in [0.3, 0.4) is 0 Å². The van der Waals surface area contributed by atoms with Gasteiger partial charge in [0.1, 0.15) is 0 Å². The summed E-state index contributed by atoms with van der Waals surface area (Å²) in [5, 5.41) is 17.7. The molecule has 2 aliphatic heterocycles. The lowest BCUT2D eigenvalue weighted by molar-refractivity contribution is -0.387. The van der Waals surface area contributed by atoms with E-state index in [1.54, 1.807) is 18.4 Å². The summed E-state index contributed by atoms with van der Waals surface area (Å²) < 4.78 is 0. The number of hydrogen-bond donors (Lipinski definition) is 2. The van der Waals surface area contributed by atoms with Gasteiger partial charge in [0.2, 0.25) is 0 Å². The first kappa shape index (κ1) is 18.0. The molecule has 0 saturated carbocycles. The molecule has 23 heavy (non-hydrogen) atoms. The maximum Gasteiger partial charge on any atom is 0.283 e. The van der Waals surface area contributed by atoms with Gasteiger partial charge in [-0.2, -0.15) is 0 Å². The minimum Gasteiger partial charge on any atom is -0.349 e. The maximum absolute atomic E-state index is 12.4. The van der Waals surface area contributed by atoms with E-state index in [1.165, 1.54) is 30.7 Å². The Morgan fingerprint density at radius 3 is 2.57 bits per heavy atom. The topological polar surface area (TPSA) is 84.3 Å². The van der Waals surface area contributed by atoms with E-state index in [0.717, 1.165) is 12.8 Å². The Labute approximate surface area is 145 Å². The monoisotopic (exact) mass is 357 g/mol. The number of nitro benzene ring substituents is 1. The molecule has 1 aromatic carbocycles. The fourth-order valence-electron chi connectivity index (χ4n) is 3.42. The molecule has 1 amide bonds. The molecular weight excluding hydrogens is 338 g/mol. The van der Waals surface area contributed by atoms with Crippen LogP contribution in [0.5, 0.6) is 0 Å². The number of hydrogen-bond acceptors (Lipinski definition) is 5. The SMILES string of the molecule is CSc1ccc(C(=O)NC2CC3CCC(C2)N3)cc1[N+](=O)[O-].Cl. The van der Waals surface area contributed by atoms with Crippen LogP contribution in [0.1, 0.15) is 36.0 Å². The number of benzene rings is 1. The molecule has 0 radical (unpaired) electrons. The molecule has 2 unspecified atom stereocenters. The van der Waals surface area contributed by atoms with Gasteiger partial charge in [-0.05, 0) is 44.1 Å². The minimum absolute atomic E-state index is 0. The van der Waals surface area contributed by atoms with Gasteiger partial charge in [0.25, 0.3) is 11.6 Å². The van der Waals surface area contributed by atoms with Crippen molar-refractivity contribution in [2.75, 3.05) is 6.26 Å². The highest BCUT2D eigenvalue weighted by atomic mass is 35.5. The Kier molecular flexibility index (Phi) is 5.89. The first-order valence-corrected chi connectivity index (χ1v) is 8.68. The zero-order valence-electron chi connectivity index (χ0n) is 12.8. The highest BCUT2D eigenvalue weighted by Gasteiger charge is 2.34. The summed E-state index contributed by atoms with van der Waals surface area (Å²) in [4.78, 5) is 23.6. The standard InChI is InChI=1S/C15H19N3O3S.ClH/c1-22-14-5-2-9(6-13(14)18(20)21)15(19)17-12-7-10-3-4-11(8-12)16-10;/h2,5-6,10-12,16H,3-4,7-8H2,1H3,(H,17,19);1H. The summed E-state index contributed by atoms with van der Waals surface area (Å²) in [6, 6.07) is 5.82. The van der Waals surface area contributed by atoms with Crippen LogP contribution in [0.4, 0.5) is 5.69 Å². The first-order valence-electron chi connectivity index (χ1n) is 7.46. The number of piperidine rings is 1. The quantitative estimate of drug-likeness (QED) is 0.491. The molecule has 2 heterocycles. The van der Waals surface area contributed by atoms with E-state index in [4.69, 9.17) is 0 Å². The summed E-state index contributed by atoms with van der Waals surface area (Å²) in [6.07, 6.45) is 6.00. The molecule has 6 nitrogen and oxygen atoms in total. The van der Waals surface area contributed by atoms with Gasteiger partial charge in [0, 0.05) is 29.8 Å². The highest BCUT2D eigenvalue weighted by Crippen LogP contribution is 2.29. The van der Waals surface area contributed by atoms with E-state index >= 15 is 0 Å². The molecule has 2 fully saturated rings. The van der Waals surface area contributed by atoms with Gasteiger partial charge in [-0.25, -0.2) is 0 Å². The Balaban J connectivity index is 0.00000192. The van der Waals surface area contributed by atoms with E-state index in [-0.39, 0.29) is 30.0 Å². The number of nitrogens with zero attached hydrogens (tertiary/aromatic N) is 1. The first-order chi connectivity index (χ1) is 10.6. The Morgan fingerprint density at radius 2 is 2.00 bits per heavy atom. The van der Waals surface area contributed by atoms with E-state index in [2.05, 4.69) is 10.6 Å².